The van der Waals surface area contributed by atoms with Gasteiger partial charge in [-0.3, -0.25) is 14.3 Å². The maximum atomic E-state index is 13.7. The van der Waals surface area contributed by atoms with E-state index in [4.69, 9.17) is 0 Å². The summed E-state index contributed by atoms with van der Waals surface area (Å²) in [7, 11) is -3.75. The van der Waals surface area contributed by atoms with Gasteiger partial charge in [0, 0.05) is 30.3 Å². The van der Waals surface area contributed by atoms with Crippen LogP contribution in [0.15, 0.2) is 97.1 Å². The van der Waals surface area contributed by atoms with Gasteiger partial charge in [0.15, 0.2) is 0 Å². The average molecular weight is 665 g/mol. The van der Waals surface area contributed by atoms with E-state index in [0.717, 1.165) is 17.2 Å². The molecule has 0 aromatic heterocycles. The fraction of sp³-hybridized carbons (Fsp3) is 0.257. The van der Waals surface area contributed by atoms with Crippen LogP contribution in [-0.4, -0.2) is 49.8 Å². The van der Waals surface area contributed by atoms with Gasteiger partial charge in [-0.2, -0.15) is 0 Å². The molecule has 12 heteroatoms. The van der Waals surface area contributed by atoms with E-state index in [1.54, 1.807) is 6.92 Å². The molecule has 4 aromatic rings. The summed E-state index contributed by atoms with van der Waals surface area (Å²) >= 11 is 0. The fourth-order valence-electron chi connectivity index (χ4n) is 4.93. The van der Waals surface area contributed by atoms with Crippen LogP contribution < -0.4 is 20.7 Å². The molecular formula is C35H38F2N4O5S. The minimum atomic E-state index is -3.75. The van der Waals surface area contributed by atoms with Crippen LogP contribution in [0.5, 0.6) is 0 Å². The molecule has 0 saturated carbocycles. The van der Waals surface area contributed by atoms with E-state index in [-0.39, 0.29) is 48.1 Å². The first-order valence-electron chi connectivity index (χ1n) is 15.1. The lowest BCUT2D eigenvalue weighted by molar-refractivity contribution is 0.0830. The lowest BCUT2D eigenvalue weighted by atomic mass is 10.00. The Kier molecular flexibility index (Phi) is 12.2. The molecular weight excluding hydrogens is 626 g/mol. The van der Waals surface area contributed by atoms with E-state index in [1.807, 2.05) is 60.7 Å². The maximum absolute atomic E-state index is 13.7. The summed E-state index contributed by atoms with van der Waals surface area (Å²) in [5.41, 5.74) is 2.10. The summed E-state index contributed by atoms with van der Waals surface area (Å²) in [6.45, 7) is 3.30. The molecule has 0 spiro atoms. The highest BCUT2D eigenvalue weighted by molar-refractivity contribution is 7.92. The van der Waals surface area contributed by atoms with Gasteiger partial charge in [0.05, 0.1) is 29.6 Å². The summed E-state index contributed by atoms with van der Waals surface area (Å²) in [6.07, 6.45) is -0.914. The van der Waals surface area contributed by atoms with Gasteiger partial charge in [-0.15, -0.1) is 0 Å². The van der Waals surface area contributed by atoms with Gasteiger partial charge < -0.3 is 21.1 Å². The van der Waals surface area contributed by atoms with Crippen LogP contribution in [0, 0.1) is 11.6 Å². The molecule has 0 saturated heterocycles. The summed E-state index contributed by atoms with van der Waals surface area (Å²) in [5.74, 6) is -2.84. The van der Waals surface area contributed by atoms with Gasteiger partial charge in [-0.25, -0.2) is 17.2 Å². The van der Waals surface area contributed by atoms with Crippen LogP contribution in [0.1, 0.15) is 57.3 Å². The number of aliphatic hydroxyl groups excluding tert-OH is 1. The van der Waals surface area contributed by atoms with Crippen LogP contribution >= 0.6 is 0 Å². The number of nitrogens with one attached hydrogen (secondary N) is 4. The summed E-state index contributed by atoms with van der Waals surface area (Å²) in [5, 5.41) is 19.8. The molecule has 0 aliphatic carbocycles. The molecule has 47 heavy (non-hydrogen) atoms. The topological polar surface area (TPSA) is 137 Å². The van der Waals surface area contributed by atoms with Crippen molar-refractivity contribution in [2.45, 2.75) is 45.0 Å². The quantitative estimate of drug-likeness (QED) is 0.125. The van der Waals surface area contributed by atoms with Crippen molar-refractivity contribution < 1.29 is 31.9 Å². The van der Waals surface area contributed by atoms with Crippen molar-refractivity contribution >= 4 is 27.5 Å². The summed E-state index contributed by atoms with van der Waals surface area (Å²) < 4.78 is 54.5. The van der Waals surface area contributed by atoms with E-state index < -0.39 is 45.6 Å². The van der Waals surface area contributed by atoms with Crippen molar-refractivity contribution in [1.82, 2.24) is 16.0 Å². The SMILES string of the molecule is CCS(=O)(=O)Nc1cc(C(=O)N[C@@H](Cc2ccccc2)[C@H](O)CNCc2cc(F)cc(F)c2)cc(C(=O)N[C@H](C)c2ccccc2)c1. The molecule has 0 heterocycles. The number of anilines is 1. The van der Waals surface area contributed by atoms with E-state index in [2.05, 4.69) is 20.7 Å². The highest BCUT2D eigenvalue weighted by atomic mass is 32.2. The number of hydrogen-bond acceptors (Lipinski definition) is 6. The van der Waals surface area contributed by atoms with Gasteiger partial charge in [-0.05, 0) is 67.3 Å². The zero-order valence-electron chi connectivity index (χ0n) is 26.0. The highest BCUT2D eigenvalue weighted by Crippen LogP contribution is 2.20. The predicted octanol–water partition coefficient (Wildman–Crippen LogP) is 4.71. The second-order valence-electron chi connectivity index (χ2n) is 11.2. The number of sulfonamides is 1. The van der Waals surface area contributed by atoms with Crippen LogP contribution in [0.2, 0.25) is 0 Å². The Labute approximate surface area is 273 Å². The second-order valence-corrected chi connectivity index (χ2v) is 13.2. The minimum absolute atomic E-state index is 0.00715. The Hall–Kier alpha value is -4.65. The largest absolute Gasteiger partial charge is 0.390 e. The van der Waals surface area contributed by atoms with Gasteiger partial charge in [-0.1, -0.05) is 60.7 Å². The van der Waals surface area contributed by atoms with Crippen LogP contribution in [0.25, 0.3) is 0 Å². The van der Waals surface area contributed by atoms with Gasteiger partial charge in [0.1, 0.15) is 11.6 Å². The molecule has 0 radical (unpaired) electrons. The number of hydrogen-bond donors (Lipinski definition) is 5. The first kappa shape index (κ1) is 35.2. The molecule has 2 amide bonds. The molecule has 248 valence electrons. The Balaban J connectivity index is 1.57. The van der Waals surface area contributed by atoms with Crippen molar-refractivity contribution in [2.24, 2.45) is 0 Å². The smallest absolute Gasteiger partial charge is 0.251 e. The third kappa shape index (κ3) is 10.7. The second kappa shape index (κ2) is 16.3. The monoisotopic (exact) mass is 664 g/mol. The Morgan fingerprint density at radius 2 is 1.36 bits per heavy atom. The number of amides is 2. The Morgan fingerprint density at radius 3 is 1.96 bits per heavy atom. The van der Waals surface area contributed by atoms with E-state index in [9.17, 15) is 31.9 Å². The van der Waals surface area contributed by atoms with Crippen molar-refractivity contribution in [3.63, 3.8) is 0 Å². The van der Waals surface area contributed by atoms with Gasteiger partial charge in [0.2, 0.25) is 10.0 Å². The third-order valence-corrected chi connectivity index (χ3v) is 8.75. The molecule has 4 rings (SSSR count). The summed E-state index contributed by atoms with van der Waals surface area (Å²) in [6, 6.07) is 24.4. The zero-order chi connectivity index (χ0) is 34.0. The maximum Gasteiger partial charge on any atom is 0.251 e. The molecule has 0 bridgehead atoms. The van der Waals surface area contributed by atoms with E-state index >= 15 is 0 Å². The highest BCUT2D eigenvalue weighted by Gasteiger charge is 2.24. The fourth-order valence-corrected chi connectivity index (χ4v) is 5.55. The number of aliphatic hydroxyl groups is 1. The molecule has 0 unspecified atom stereocenters. The molecule has 0 aliphatic rings. The Bertz CT molecular complexity index is 1760. The number of carbonyl (C=O) groups is 2. The van der Waals surface area contributed by atoms with Crippen molar-refractivity contribution in [3.05, 3.63) is 137 Å². The lowest BCUT2D eigenvalue weighted by Gasteiger charge is -2.25. The molecule has 3 atom stereocenters. The number of rotatable bonds is 15. The van der Waals surface area contributed by atoms with Crippen molar-refractivity contribution in [2.75, 3.05) is 17.0 Å². The molecule has 4 aromatic carbocycles. The number of halogens is 2. The Morgan fingerprint density at radius 1 is 0.787 bits per heavy atom. The van der Waals surface area contributed by atoms with Crippen LogP contribution in [0.3, 0.4) is 0 Å². The molecule has 5 N–H and O–H groups in total. The van der Waals surface area contributed by atoms with Gasteiger partial charge in [0.25, 0.3) is 11.8 Å². The van der Waals surface area contributed by atoms with Gasteiger partial charge >= 0.3 is 0 Å². The van der Waals surface area contributed by atoms with E-state index in [1.165, 1.54) is 37.3 Å². The zero-order valence-corrected chi connectivity index (χ0v) is 26.9. The van der Waals surface area contributed by atoms with Crippen molar-refractivity contribution in [3.8, 4) is 0 Å². The normalized spacial score (nSPS) is 13.3. The molecule has 0 fully saturated rings. The number of benzene rings is 4. The lowest BCUT2D eigenvalue weighted by Crippen LogP contribution is -2.48. The summed E-state index contributed by atoms with van der Waals surface area (Å²) in [4.78, 5) is 27.0. The molecule has 9 nitrogen and oxygen atoms in total. The first-order chi connectivity index (χ1) is 22.4. The number of carbonyl (C=O) groups excluding carboxylic acids is 2. The minimum Gasteiger partial charge on any atom is -0.390 e. The predicted molar refractivity (Wildman–Crippen MR) is 177 cm³/mol. The van der Waals surface area contributed by atoms with Crippen LogP contribution in [0.4, 0.5) is 14.5 Å². The molecule has 0 aliphatic heterocycles. The third-order valence-electron chi connectivity index (χ3n) is 7.44. The van der Waals surface area contributed by atoms with Crippen molar-refractivity contribution in [1.29, 1.82) is 0 Å². The standard InChI is InChI=1S/C35H38F2N4O5S/c1-3-47(45,46)41-31-18-27(34(43)39-23(2)26-12-8-5-9-13-26)17-28(19-31)35(44)40-32(16-24-10-6-4-7-11-24)33(42)22-38-21-25-14-29(36)20-30(37)15-25/h4-15,17-20,23,32-33,38,41-42H,3,16,21-22H2,1-2H3,(H,39,43)(H,40,44)/t23-,32+,33-/m1/s1. The van der Waals surface area contributed by atoms with E-state index in [0.29, 0.717) is 5.56 Å². The average Bonchev–Trinajstić information content (AvgIpc) is 3.04. The first-order valence-corrected chi connectivity index (χ1v) is 16.8. The van der Waals surface area contributed by atoms with Crippen LogP contribution in [-0.2, 0) is 23.0 Å².